The molecule has 1 aromatic heterocycles. The number of methoxy groups -OCH3 is 1. The molecule has 0 amide bonds. The third-order valence-corrected chi connectivity index (χ3v) is 8.97. The lowest BCUT2D eigenvalue weighted by atomic mass is 9.76. The number of nitrogens with zero attached hydrogens (tertiary/aromatic N) is 2. The van der Waals surface area contributed by atoms with Crippen LogP contribution in [-0.4, -0.2) is 39.3 Å². The number of hydrogen-bond donors (Lipinski definition) is 0. The SMILES string of the molecule is COc1ccc(CCC2(C3CCCC3)CC(=O)C(Sc3nc4ccccc4n3C)C(=O)O2)cc1Cl. The first-order chi connectivity index (χ1) is 16.9. The number of fused-ring (bicyclic) bond motifs is 1. The minimum atomic E-state index is -0.893. The average molecular weight is 513 g/mol. The lowest BCUT2D eigenvalue weighted by molar-refractivity contribution is -0.177. The van der Waals surface area contributed by atoms with Gasteiger partial charge in [0.2, 0.25) is 0 Å². The van der Waals surface area contributed by atoms with E-state index in [0.717, 1.165) is 42.3 Å². The van der Waals surface area contributed by atoms with Gasteiger partial charge in [0.25, 0.3) is 0 Å². The van der Waals surface area contributed by atoms with E-state index in [1.54, 1.807) is 7.11 Å². The zero-order valence-electron chi connectivity index (χ0n) is 20.0. The van der Waals surface area contributed by atoms with Crippen LogP contribution < -0.4 is 4.74 Å². The zero-order valence-corrected chi connectivity index (χ0v) is 21.5. The maximum absolute atomic E-state index is 13.5. The van der Waals surface area contributed by atoms with Gasteiger partial charge >= 0.3 is 5.97 Å². The first kappa shape index (κ1) is 24.2. The first-order valence-corrected chi connectivity index (χ1v) is 13.3. The molecule has 35 heavy (non-hydrogen) atoms. The predicted octanol–water partition coefficient (Wildman–Crippen LogP) is 5.77. The summed E-state index contributed by atoms with van der Waals surface area (Å²) < 4.78 is 13.4. The summed E-state index contributed by atoms with van der Waals surface area (Å²) in [5.41, 5.74) is 2.08. The smallest absolute Gasteiger partial charge is 0.327 e. The number of esters is 1. The normalized spacial score (nSPS) is 23.1. The number of Topliss-reactive ketones (excluding diaryl/α,β-unsaturated/α-hetero) is 1. The number of aryl methyl sites for hydroxylation is 2. The summed E-state index contributed by atoms with van der Waals surface area (Å²) in [7, 11) is 3.49. The number of ether oxygens (including phenoxy) is 2. The van der Waals surface area contributed by atoms with Crippen LogP contribution in [0, 0.1) is 5.92 Å². The number of rotatable bonds is 7. The molecule has 1 saturated carbocycles. The molecule has 5 rings (SSSR count). The van der Waals surface area contributed by atoms with Crippen molar-refractivity contribution >= 4 is 46.1 Å². The van der Waals surface area contributed by atoms with Crippen LogP contribution in [0.1, 0.15) is 44.1 Å². The number of benzene rings is 2. The maximum Gasteiger partial charge on any atom is 0.327 e. The summed E-state index contributed by atoms with van der Waals surface area (Å²) in [6.07, 6.45) is 5.67. The van der Waals surface area contributed by atoms with Crippen LogP contribution in [0.5, 0.6) is 5.75 Å². The summed E-state index contributed by atoms with van der Waals surface area (Å²) in [5, 5.41) is 0.300. The number of ketones is 1. The number of carbonyl (C=O) groups excluding carboxylic acids is 2. The highest BCUT2D eigenvalue weighted by Gasteiger charge is 2.52. The monoisotopic (exact) mass is 512 g/mol. The number of aromatic nitrogens is 2. The molecule has 0 N–H and O–H groups in total. The summed E-state index contributed by atoms with van der Waals surface area (Å²) in [5.74, 6) is 0.309. The fourth-order valence-electron chi connectivity index (χ4n) is 5.50. The fraction of sp³-hybridized carbons (Fsp3) is 0.444. The molecule has 1 saturated heterocycles. The molecule has 2 aromatic carbocycles. The molecule has 2 heterocycles. The van der Waals surface area contributed by atoms with Gasteiger partial charge in [-0.05, 0) is 61.4 Å². The van der Waals surface area contributed by atoms with Crippen LogP contribution in [0.25, 0.3) is 11.0 Å². The van der Waals surface area contributed by atoms with Crippen LogP contribution in [0.4, 0.5) is 0 Å². The number of carbonyl (C=O) groups is 2. The Morgan fingerprint density at radius 1 is 1.20 bits per heavy atom. The van der Waals surface area contributed by atoms with Crippen LogP contribution in [0.15, 0.2) is 47.6 Å². The highest BCUT2D eigenvalue weighted by atomic mass is 35.5. The second kappa shape index (κ2) is 9.86. The van der Waals surface area contributed by atoms with Crippen molar-refractivity contribution < 1.29 is 19.1 Å². The first-order valence-electron chi connectivity index (χ1n) is 12.1. The van der Waals surface area contributed by atoms with E-state index in [1.807, 2.05) is 54.1 Å². The largest absolute Gasteiger partial charge is 0.495 e. The van der Waals surface area contributed by atoms with Crippen molar-refractivity contribution in [2.45, 2.75) is 61.0 Å². The van der Waals surface area contributed by atoms with E-state index in [-0.39, 0.29) is 18.1 Å². The standard InChI is InChI=1S/C27H29ClN2O4S/c1-30-21-10-6-5-9-20(21)29-26(30)35-24-22(31)16-27(34-25(24)32,18-7-3-4-8-18)14-13-17-11-12-23(33-2)19(28)15-17/h5-6,9-12,15,18,24H,3-4,7-8,13-14,16H2,1-2H3. The lowest BCUT2D eigenvalue weighted by Gasteiger charge is -2.42. The van der Waals surface area contributed by atoms with Gasteiger partial charge in [-0.3, -0.25) is 9.59 Å². The molecule has 6 nitrogen and oxygen atoms in total. The summed E-state index contributed by atoms with van der Waals surface area (Å²) >= 11 is 7.52. The average Bonchev–Trinajstić information content (AvgIpc) is 3.50. The molecular formula is C27H29ClN2O4S. The van der Waals surface area contributed by atoms with Crippen molar-refractivity contribution in [3.05, 3.63) is 53.1 Å². The van der Waals surface area contributed by atoms with Gasteiger partial charge in [-0.25, -0.2) is 4.98 Å². The van der Waals surface area contributed by atoms with Gasteiger partial charge in [-0.1, -0.05) is 54.4 Å². The number of imidazole rings is 1. The number of cyclic esters (lactones) is 1. The minimum absolute atomic E-state index is 0.0713. The van der Waals surface area contributed by atoms with Crippen molar-refractivity contribution in [1.82, 2.24) is 9.55 Å². The molecule has 1 aliphatic heterocycles. The van der Waals surface area contributed by atoms with Gasteiger partial charge in [0.05, 0.1) is 23.2 Å². The van der Waals surface area contributed by atoms with Crippen molar-refractivity contribution in [2.24, 2.45) is 13.0 Å². The molecule has 1 aliphatic carbocycles. The summed E-state index contributed by atoms with van der Waals surface area (Å²) in [6.45, 7) is 0. The number of halogens is 1. The van der Waals surface area contributed by atoms with E-state index < -0.39 is 16.8 Å². The van der Waals surface area contributed by atoms with E-state index in [4.69, 9.17) is 21.1 Å². The second-order valence-electron chi connectivity index (χ2n) is 9.52. The molecule has 3 aromatic rings. The Balaban J connectivity index is 1.36. The molecule has 8 heteroatoms. The van der Waals surface area contributed by atoms with Crippen LogP contribution in [0.3, 0.4) is 0 Å². The van der Waals surface area contributed by atoms with Crippen LogP contribution in [0.2, 0.25) is 5.02 Å². The Labute approximate surface area is 214 Å². The van der Waals surface area contributed by atoms with E-state index in [0.29, 0.717) is 28.8 Å². The molecule has 2 aliphatic rings. The zero-order chi connectivity index (χ0) is 24.6. The van der Waals surface area contributed by atoms with Crippen LogP contribution >= 0.6 is 23.4 Å². The molecule has 0 radical (unpaired) electrons. The number of para-hydroxylation sites is 2. The molecule has 0 spiro atoms. The lowest BCUT2D eigenvalue weighted by Crippen LogP contribution is -2.53. The Hall–Kier alpha value is -2.51. The third-order valence-electron chi connectivity index (χ3n) is 7.41. The van der Waals surface area contributed by atoms with Crippen molar-refractivity contribution in [1.29, 1.82) is 0 Å². The van der Waals surface area contributed by atoms with Gasteiger partial charge < -0.3 is 14.0 Å². The molecule has 184 valence electrons. The molecule has 2 atom stereocenters. The van der Waals surface area contributed by atoms with Crippen molar-refractivity contribution in [2.75, 3.05) is 7.11 Å². The van der Waals surface area contributed by atoms with E-state index in [9.17, 15) is 9.59 Å². The maximum atomic E-state index is 13.5. The molecule has 0 bridgehead atoms. The van der Waals surface area contributed by atoms with Gasteiger partial charge in [-0.15, -0.1) is 0 Å². The van der Waals surface area contributed by atoms with Gasteiger partial charge in [-0.2, -0.15) is 0 Å². The highest BCUT2D eigenvalue weighted by molar-refractivity contribution is 8.01. The van der Waals surface area contributed by atoms with Crippen LogP contribution in [-0.2, 0) is 27.8 Å². The predicted molar refractivity (Wildman–Crippen MR) is 137 cm³/mol. The van der Waals surface area contributed by atoms with E-state index in [1.165, 1.54) is 11.8 Å². The van der Waals surface area contributed by atoms with Gasteiger partial charge in [0, 0.05) is 13.5 Å². The minimum Gasteiger partial charge on any atom is -0.495 e. The Bertz CT molecular complexity index is 1250. The topological polar surface area (TPSA) is 70.4 Å². The molecular weight excluding hydrogens is 484 g/mol. The van der Waals surface area contributed by atoms with E-state index >= 15 is 0 Å². The van der Waals surface area contributed by atoms with Crippen molar-refractivity contribution in [3.63, 3.8) is 0 Å². The fourth-order valence-corrected chi connectivity index (χ4v) is 6.76. The summed E-state index contributed by atoms with van der Waals surface area (Å²) in [4.78, 5) is 31.4. The number of hydrogen-bond acceptors (Lipinski definition) is 6. The van der Waals surface area contributed by atoms with Gasteiger partial charge in [0.15, 0.2) is 16.2 Å². The van der Waals surface area contributed by atoms with Crippen molar-refractivity contribution in [3.8, 4) is 5.75 Å². The van der Waals surface area contributed by atoms with Gasteiger partial charge in [0.1, 0.15) is 11.4 Å². The Morgan fingerprint density at radius 3 is 2.66 bits per heavy atom. The number of thioether (sulfide) groups is 1. The summed E-state index contributed by atoms with van der Waals surface area (Å²) in [6, 6.07) is 13.5. The molecule has 2 unspecified atom stereocenters. The molecule has 2 fully saturated rings. The Morgan fingerprint density at radius 2 is 1.97 bits per heavy atom. The second-order valence-corrected chi connectivity index (χ2v) is 11.0. The van der Waals surface area contributed by atoms with E-state index in [2.05, 4.69) is 4.98 Å². The highest BCUT2D eigenvalue weighted by Crippen LogP contribution is 2.46. The quantitative estimate of drug-likeness (QED) is 0.295. The third kappa shape index (κ3) is 4.68. The Kier molecular flexibility index (Phi) is 6.82.